The fourth-order valence-electron chi connectivity index (χ4n) is 1.28. The summed E-state index contributed by atoms with van der Waals surface area (Å²) in [6.07, 6.45) is -0.841. The summed E-state index contributed by atoms with van der Waals surface area (Å²) < 4.78 is 12.7. The quantitative estimate of drug-likeness (QED) is 0.531. The molecule has 1 aliphatic heterocycles. The van der Waals surface area contributed by atoms with Crippen LogP contribution in [0.2, 0.25) is 0 Å². The first-order valence-corrected chi connectivity index (χ1v) is 4.48. The van der Waals surface area contributed by atoms with E-state index >= 15 is 0 Å². The molecule has 0 spiro atoms. The summed E-state index contributed by atoms with van der Waals surface area (Å²) in [6.45, 7) is 1.67. The van der Waals surface area contributed by atoms with E-state index < -0.39 is 24.2 Å². The third-order valence-electron chi connectivity index (χ3n) is 2.18. The van der Waals surface area contributed by atoms with Crippen LogP contribution in [0.1, 0.15) is 13.3 Å². The van der Waals surface area contributed by atoms with Gasteiger partial charge in [-0.3, -0.25) is 9.59 Å². The maximum atomic E-state index is 12.7. The zero-order chi connectivity index (χ0) is 10.7. The highest BCUT2D eigenvalue weighted by Crippen LogP contribution is 2.09. The molecule has 80 valence electrons. The van der Waals surface area contributed by atoms with Crippen LogP contribution in [0, 0.1) is 0 Å². The number of carbonyl (C=O) groups is 2. The summed E-state index contributed by atoms with van der Waals surface area (Å²) in [7, 11) is 0. The van der Waals surface area contributed by atoms with E-state index in [1.54, 1.807) is 0 Å². The molecule has 6 heteroatoms. The van der Waals surface area contributed by atoms with Gasteiger partial charge in [-0.15, -0.1) is 0 Å². The molecule has 14 heavy (non-hydrogen) atoms. The van der Waals surface area contributed by atoms with Crippen LogP contribution in [0.5, 0.6) is 0 Å². The standard InChI is InChI=1S/C8H14FN3O2/c1-4(7(10)13)12-8(14)6-2-5(9)3-11-6/h4-6,11H,2-3H2,1H3,(H2,10,13)(H,12,14)/t4-,5-,6+/m0/s1. The van der Waals surface area contributed by atoms with Crippen molar-refractivity contribution >= 4 is 11.8 Å². The molecule has 5 nitrogen and oxygen atoms in total. The Kier molecular flexibility index (Phi) is 3.40. The lowest BCUT2D eigenvalue weighted by molar-refractivity contribution is -0.128. The topological polar surface area (TPSA) is 84.2 Å². The number of carbonyl (C=O) groups excluding carboxylic acids is 2. The average Bonchev–Trinajstić information content (AvgIpc) is 2.51. The molecule has 0 aromatic heterocycles. The molecular weight excluding hydrogens is 189 g/mol. The first kappa shape index (κ1) is 10.9. The van der Waals surface area contributed by atoms with Gasteiger partial charge in [-0.05, 0) is 6.92 Å². The highest BCUT2D eigenvalue weighted by molar-refractivity contribution is 5.88. The molecule has 1 heterocycles. The molecule has 0 aromatic rings. The van der Waals surface area contributed by atoms with E-state index in [0.29, 0.717) is 0 Å². The number of amides is 2. The van der Waals surface area contributed by atoms with E-state index in [2.05, 4.69) is 10.6 Å². The number of nitrogens with two attached hydrogens (primary N) is 1. The van der Waals surface area contributed by atoms with Gasteiger partial charge in [-0.25, -0.2) is 4.39 Å². The fourth-order valence-corrected chi connectivity index (χ4v) is 1.28. The molecule has 0 saturated carbocycles. The summed E-state index contributed by atoms with van der Waals surface area (Å²) in [5.74, 6) is -0.982. The van der Waals surface area contributed by atoms with E-state index in [1.165, 1.54) is 6.92 Å². The Morgan fingerprint density at radius 3 is 2.71 bits per heavy atom. The monoisotopic (exact) mass is 203 g/mol. The van der Waals surface area contributed by atoms with Gasteiger partial charge in [0.15, 0.2) is 0 Å². The minimum Gasteiger partial charge on any atom is -0.368 e. The van der Waals surface area contributed by atoms with Gasteiger partial charge < -0.3 is 16.4 Å². The van der Waals surface area contributed by atoms with Crippen molar-refractivity contribution in [2.75, 3.05) is 6.54 Å². The van der Waals surface area contributed by atoms with Crippen molar-refractivity contribution in [2.45, 2.75) is 31.6 Å². The van der Waals surface area contributed by atoms with Crippen molar-refractivity contribution in [3.8, 4) is 0 Å². The predicted octanol–water partition coefficient (Wildman–Crippen LogP) is -1.32. The largest absolute Gasteiger partial charge is 0.368 e. The lowest BCUT2D eigenvalue weighted by atomic mass is 10.2. The maximum absolute atomic E-state index is 12.7. The molecule has 0 aliphatic carbocycles. The average molecular weight is 203 g/mol. The maximum Gasteiger partial charge on any atom is 0.239 e. The van der Waals surface area contributed by atoms with Gasteiger partial charge >= 0.3 is 0 Å². The van der Waals surface area contributed by atoms with E-state index in [0.717, 1.165) is 0 Å². The Morgan fingerprint density at radius 2 is 2.29 bits per heavy atom. The minimum atomic E-state index is -0.991. The van der Waals surface area contributed by atoms with Gasteiger partial charge in [-0.2, -0.15) is 0 Å². The van der Waals surface area contributed by atoms with Gasteiger partial charge in [0.1, 0.15) is 12.2 Å². The lowest BCUT2D eigenvalue weighted by Crippen LogP contribution is -2.48. The highest BCUT2D eigenvalue weighted by atomic mass is 19.1. The second kappa shape index (κ2) is 4.36. The van der Waals surface area contributed by atoms with Crippen LogP contribution in [0.15, 0.2) is 0 Å². The molecular formula is C8H14FN3O2. The van der Waals surface area contributed by atoms with Crippen LogP contribution in [0.4, 0.5) is 4.39 Å². The lowest BCUT2D eigenvalue weighted by Gasteiger charge is -2.14. The molecule has 0 unspecified atom stereocenters. The van der Waals surface area contributed by atoms with Crippen molar-refractivity contribution < 1.29 is 14.0 Å². The summed E-state index contributed by atoms with van der Waals surface area (Å²) in [5.41, 5.74) is 4.96. The predicted molar refractivity (Wildman–Crippen MR) is 48.1 cm³/mol. The van der Waals surface area contributed by atoms with Gasteiger partial charge in [0.25, 0.3) is 0 Å². The van der Waals surface area contributed by atoms with E-state index in [-0.39, 0.29) is 18.9 Å². The molecule has 1 saturated heterocycles. The molecule has 2 amide bonds. The first-order chi connectivity index (χ1) is 6.50. The molecule has 0 bridgehead atoms. The van der Waals surface area contributed by atoms with E-state index in [1.807, 2.05) is 0 Å². The number of halogens is 1. The van der Waals surface area contributed by atoms with Crippen LogP contribution in [-0.2, 0) is 9.59 Å². The SMILES string of the molecule is C[C@H](NC(=O)[C@H]1C[C@H](F)CN1)C(N)=O. The van der Waals surface area contributed by atoms with Crippen molar-refractivity contribution in [1.82, 2.24) is 10.6 Å². The molecule has 1 fully saturated rings. The Hall–Kier alpha value is -1.17. The normalized spacial score (nSPS) is 28.4. The van der Waals surface area contributed by atoms with Crippen LogP contribution in [0.25, 0.3) is 0 Å². The third kappa shape index (κ3) is 2.66. The molecule has 4 N–H and O–H groups in total. The van der Waals surface area contributed by atoms with Crippen LogP contribution >= 0.6 is 0 Å². The number of primary amides is 1. The zero-order valence-electron chi connectivity index (χ0n) is 7.92. The van der Waals surface area contributed by atoms with Crippen LogP contribution < -0.4 is 16.4 Å². The van der Waals surface area contributed by atoms with Gasteiger partial charge in [0.2, 0.25) is 11.8 Å². The minimum absolute atomic E-state index is 0.150. The summed E-state index contributed by atoms with van der Waals surface area (Å²) in [4.78, 5) is 22.0. The Morgan fingerprint density at radius 1 is 1.64 bits per heavy atom. The van der Waals surface area contributed by atoms with Crippen molar-refractivity contribution in [1.29, 1.82) is 0 Å². The number of hydrogen-bond donors (Lipinski definition) is 3. The molecule has 1 rings (SSSR count). The summed E-state index contributed by atoms with van der Waals surface area (Å²) >= 11 is 0. The smallest absolute Gasteiger partial charge is 0.239 e. The van der Waals surface area contributed by atoms with E-state index in [9.17, 15) is 14.0 Å². The Balaban J connectivity index is 2.39. The number of nitrogens with one attached hydrogen (secondary N) is 2. The Labute approximate surface area is 81.2 Å². The van der Waals surface area contributed by atoms with E-state index in [4.69, 9.17) is 5.73 Å². The second-order valence-corrected chi connectivity index (χ2v) is 3.43. The van der Waals surface area contributed by atoms with Gasteiger partial charge in [0.05, 0.1) is 6.04 Å². The number of hydrogen-bond acceptors (Lipinski definition) is 3. The van der Waals surface area contributed by atoms with Crippen LogP contribution in [-0.4, -0.2) is 36.6 Å². The molecule has 3 atom stereocenters. The third-order valence-corrected chi connectivity index (χ3v) is 2.18. The van der Waals surface area contributed by atoms with Crippen molar-refractivity contribution in [3.63, 3.8) is 0 Å². The first-order valence-electron chi connectivity index (χ1n) is 4.48. The Bertz CT molecular complexity index is 247. The summed E-state index contributed by atoms with van der Waals surface area (Å²) in [5, 5.41) is 5.11. The van der Waals surface area contributed by atoms with Gasteiger partial charge in [-0.1, -0.05) is 0 Å². The number of rotatable bonds is 3. The van der Waals surface area contributed by atoms with Crippen LogP contribution in [0.3, 0.4) is 0 Å². The molecule has 0 aromatic carbocycles. The fraction of sp³-hybridized carbons (Fsp3) is 0.750. The number of alkyl halides is 1. The van der Waals surface area contributed by atoms with Crippen molar-refractivity contribution in [2.24, 2.45) is 5.73 Å². The zero-order valence-corrected chi connectivity index (χ0v) is 7.92. The van der Waals surface area contributed by atoms with Crippen molar-refractivity contribution in [3.05, 3.63) is 0 Å². The summed E-state index contributed by atoms with van der Waals surface area (Å²) in [6, 6.07) is -1.27. The van der Waals surface area contributed by atoms with Gasteiger partial charge in [0, 0.05) is 13.0 Å². The highest BCUT2D eigenvalue weighted by Gasteiger charge is 2.30. The second-order valence-electron chi connectivity index (χ2n) is 3.43. The molecule has 1 aliphatic rings. The molecule has 0 radical (unpaired) electrons.